The molecule has 0 aliphatic rings. The minimum absolute atomic E-state index is 0.979. The van der Waals surface area contributed by atoms with Crippen molar-refractivity contribution in [3.8, 4) is 16.9 Å². The molecule has 0 atom stereocenters. The Balaban J connectivity index is 1.66. The van der Waals surface area contributed by atoms with Gasteiger partial charge in [0.2, 0.25) is 0 Å². The average molecular weight is 427 g/mol. The van der Waals surface area contributed by atoms with Gasteiger partial charge < -0.3 is 0 Å². The first-order chi connectivity index (χ1) is 15.9. The Kier molecular flexibility index (Phi) is 3.75. The molecule has 0 aliphatic carbocycles. The summed E-state index contributed by atoms with van der Waals surface area (Å²) in [7, 11) is 0. The third-order valence-corrected chi connectivity index (χ3v) is 7.26. The van der Waals surface area contributed by atoms with Crippen molar-refractivity contribution in [2.45, 2.75) is 0 Å². The molecule has 2 nitrogen and oxygen atoms in total. The maximum absolute atomic E-state index is 5.08. The number of benzene rings is 4. The highest BCUT2D eigenvalue weighted by Gasteiger charge is 2.18. The second-order valence-electron chi connectivity index (χ2n) is 8.06. The van der Waals surface area contributed by atoms with Crippen molar-refractivity contribution >= 4 is 54.0 Å². The fraction of sp³-hybridized carbons (Fsp3) is 0. The van der Waals surface area contributed by atoms with Crippen LogP contribution in [0.1, 0.15) is 0 Å². The number of rotatable bonds is 2. The lowest BCUT2D eigenvalue weighted by molar-refractivity contribution is 1.11. The standard InChI is InChI=1S/C29H18N2S/c1-2-8-19(9-3-1)25-18-30-29(24-12-5-4-10-21(24)25)31-26-13-7-6-11-22(26)23-15-14-20-16-17-32-28(20)27(23)31/h1-18H. The molecule has 32 heavy (non-hydrogen) atoms. The van der Waals surface area contributed by atoms with E-state index in [9.17, 15) is 0 Å². The molecular formula is C29H18N2S. The molecule has 0 bridgehead atoms. The molecule has 0 radical (unpaired) electrons. The molecule has 4 aromatic carbocycles. The molecule has 0 aliphatic heterocycles. The van der Waals surface area contributed by atoms with Gasteiger partial charge in [-0.3, -0.25) is 4.57 Å². The van der Waals surface area contributed by atoms with Crippen LogP contribution < -0.4 is 0 Å². The molecule has 0 unspecified atom stereocenters. The van der Waals surface area contributed by atoms with Crippen molar-refractivity contribution in [2.24, 2.45) is 0 Å². The van der Waals surface area contributed by atoms with Gasteiger partial charge in [-0.15, -0.1) is 11.3 Å². The summed E-state index contributed by atoms with van der Waals surface area (Å²) in [6.45, 7) is 0. The molecule has 7 aromatic rings. The van der Waals surface area contributed by atoms with Gasteiger partial charge in [-0.1, -0.05) is 84.9 Å². The van der Waals surface area contributed by atoms with Crippen LogP contribution in [0.3, 0.4) is 0 Å². The summed E-state index contributed by atoms with van der Waals surface area (Å²) in [5.74, 6) is 0.979. The minimum atomic E-state index is 0.979. The maximum atomic E-state index is 5.08. The van der Waals surface area contributed by atoms with Crippen LogP contribution in [-0.2, 0) is 0 Å². The van der Waals surface area contributed by atoms with Crippen LogP contribution in [-0.4, -0.2) is 9.55 Å². The molecule has 3 heterocycles. The number of para-hydroxylation sites is 1. The summed E-state index contributed by atoms with van der Waals surface area (Å²) in [5.41, 5.74) is 4.77. The molecule has 150 valence electrons. The Morgan fingerprint density at radius 2 is 1.38 bits per heavy atom. The predicted octanol–water partition coefficient (Wildman–Crippen LogP) is 8.21. The minimum Gasteiger partial charge on any atom is -0.292 e. The first-order valence-electron chi connectivity index (χ1n) is 10.7. The molecule has 0 amide bonds. The molecule has 0 N–H and O–H groups in total. The Labute approximate surface area is 189 Å². The molecule has 0 spiro atoms. The van der Waals surface area contributed by atoms with E-state index in [-0.39, 0.29) is 0 Å². The first kappa shape index (κ1) is 17.7. The quantitative estimate of drug-likeness (QED) is 0.272. The van der Waals surface area contributed by atoms with E-state index >= 15 is 0 Å². The maximum Gasteiger partial charge on any atom is 0.145 e. The first-order valence-corrected chi connectivity index (χ1v) is 11.6. The predicted molar refractivity (Wildman–Crippen MR) is 137 cm³/mol. The fourth-order valence-corrected chi connectivity index (χ4v) is 5.83. The largest absolute Gasteiger partial charge is 0.292 e. The number of aromatic nitrogens is 2. The highest BCUT2D eigenvalue weighted by molar-refractivity contribution is 7.18. The molecule has 3 aromatic heterocycles. The monoisotopic (exact) mass is 426 g/mol. The van der Waals surface area contributed by atoms with E-state index in [2.05, 4.69) is 107 Å². The van der Waals surface area contributed by atoms with Crippen LogP contribution in [0, 0.1) is 0 Å². The second kappa shape index (κ2) is 6.78. The van der Waals surface area contributed by atoms with Crippen LogP contribution in [0.25, 0.3) is 59.6 Å². The topological polar surface area (TPSA) is 17.8 Å². The van der Waals surface area contributed by atoms with Gasteiger partial charge in [-0.25, -0.2) is 4.98 Å². The van der Waals surface area contributed by atoms with Crippen LogP contribution in [0.15, 0.2) is 109 Å². The van der Waals surface area contributed by atoms with Gasteiger partial charge >= 0.3 is 0 Å². The lowest BCUT2D eigenvalue weighted by Crippen LogP contribution is -1.99. The lowest BCUT2D eigenvalue weighted by Gasteiger charge is -2.14. The van der Waals surface area contributed by atoms with Gasteiger partial charge in [0, 0.05) is 27.9 Å². The lowest BCUT2D eigenvalue weighted by atomic mass is 10.0. The molecule has 7 rings (SSSR count). The van der Waals surface area contributed by atoms with E-state index < -0.39 is 0 Å². The van der Waals surface area contributed by atoms with Crippen LogP contribution in [0.5, 0.6) is 0 Å². The van der Waals surface area contributed by atoms with Crippen molar-refractivity contribution in [1.82, 2.24) is 9.55 Å². The number of pyridine rings is 1. The van der Waals surface area contributed by atoms with E-state index in [0.29, 0.717) is 0 Å². The molecule has 0 saturated carbocycles. The number of hydrogen-bond donors (Lipinski definition) is 0. The summed E-state index contributed by atoms with van der Waals surface area (Å²) >= 11 is 1.80. The van der Waals surface area contributed by atoms with Gasteiger partial charge in [0.05, 0.1) is 15.7 Å². The van der Waals surface area contributed by atoms with Gasteiger partial charge in [0.15, 0.2) is 0 Å². The highest BCUT2D eigenvalue weighted by Crippen LogP contribution is 2.40. The summed E-state index contributed by atoms with van der Waals surface area (Å²) < 4.78 is 3.66. The summed E-state index contributed by atoms with van der Waals surface area (Å²) in [6.07, 6.45) is 2.03. The van der Waals surface area contributed by atoms with Gasteiger partial charge in [-0.05, 0) is 33.8 Å². The number of hydrogen-bond acceptors (Lipinski definition) is 2. The third-order valence-electron chi connectivity index (χ3n) is 6.32. The Bertz CT molecular complexity index is 1770. The average Bonchev–Trinajstić information content (AvgIpc) is 3.46. The number of fused-ring (bicyclic) bond motifs is 6. The number of thiophene rings is 1. The summed E-state index contributed by atoms with van der Waals surface area (Å²) in [6, 6.07) is 34.5. The summed E-state index contributed by atoms with van der Waals surface area (Å²) in [5, 5.41) is 8.36. The third kappa shape index (κ3) is 2.43. The van der Waals surface area contributed by atoms with Gasteiger partial charge in [-0.2, -0.15) is 0 Å². The van der Waals surface area contributed by atoms with E-state index in [0.717, 1.165) is 16.8 Å². The van der Waals surface area contributed by atoms with Gasteiger partial charge in [0.25, 0.3) is 0 Å². The molecular weight excluding hydrogens is 408 g/mol. The summed E-state index contributed by atoms with van der Waals surface area (Å²) in [4.78, 5) is 5.08. The normalized spacial score (nSPS) is 11.8. The molecule has 0 saturated heterocycles. The van der Waals surface area contributed by atoms with Crippen molar-refractivity contribution in [1.29, 1.82) is 0 Å². The smallest absolute Gasteiger partial charge is 0.145 e. The Morgan fingerprint density at radius 3 is 2.25 bits per heavy atom. The Morgan fingerprint density at radius 1 is 0.625 bits per heavy atom. The Hall–Kier alpha value is -3.95. The molecule has 3 heteroatoms. The van der Waals surface area contributed by atoms with Crippen molar-refractivity contribution in [3.05, 3.63) is 109 Å². The van der Waals surface area contributed by atoms with E-state index in [1.807, 2.05) is 6.20 Å². The van der Waals surface area contributed by atoms with E-state index in [1.165, 1.54) is 42.8 Å². The highest BCUT2D eigenvalue weighted by atomic mass is 32.1. The van der Waals surface area contributed by atoms with E-state index in [1.54, 1.807) is 11.3 Å². The van der Waals surface area contributed by atoms with Crippen molar-refractivity contribution in [2.75, 3.05) is 0 Å². The fourth-order valence-electron chi connectivity index (χ4n) is 4.90. The van der Waals surface area contributed by atoms with Crippen LogP contribution in [0.4, 0.5) is 0 Å². The zero-order valence-electron chi connectivity index (χ0n) is 17.2. The zero-order chi connectivity index (χ0) is 21.1. The van der Waals surface area contributed by atoms with Crippen LogP contribution in [0.2, 0.25) is 0 Å². The second-order valence-corrected chi connectivity index (χ2v) is 8.98. The van der Waals surface area contributed by atoms with Gasteiger partial charge in [0.1, 0.15) is 5.82 Å². The van der Waals surface area contributed by atoms with Crippen molar-refractivity contribution in [3.63, 3.8) is 0 Å². The van der Waals surface area contributed by atoms with Crippen LogP contribution >= 0.6 is 11.3 Å². The SMILES string of the molecule is c1ccc(-c2cnc(-n3c4ccccc4c4ccc5ccsc5c43)c3ccccc23)cc1. The zero-order valence-corrected chi connectivity index (χ0v) is 18.0. The van der Waals surface area contributed by atoms with Crippen molar-refractivity contribution < 1.29 is 0 Å². The molecule has 0 fully saturated rings. The number of nitrogens with zero attached hydrogens (tertiary/aromatic N) is 2. The van der Waals surface area contributed by atoms with E-state index in [4.69, 9.17) is 4.98 Å².